The Bertz CT molecular complexity index is 450. The van der Waals surface area contributed by atoms with E-state index in [4.69, 9.17) is 4.74 Å². The lowest BCUT2D eigenvalue weighted by Crippen LogP contribution is -2.51. The molecule has 1 aromatic rings. The molecule has 1 aliphatic carbocycles. The molecule has 1 aliphatic heterocycles. The summed E-state index contributed by atoms with van der Waals surface area (Å²) in [5, 5.41) is 3.59. The maximum absolute atomic E-state index is 5.63. The average molecular weight is 326 g/mol. The van der Waals surface area contributed by atoms with Gasteiger partial charge in [0.05, 0.1) is 23.7 Å². The van der Waals surface area contributed by atoms with Crippen molar-refractivity contribution in [2.75, 3.05) is 31.2 Å². The molecule has 1 saturated carbocycles. The first-order valence-corrected chi connectivity index (χ1v) is 7.73. The molecule has 0 spiro atoms. The lowest BCUT2D eigenvalue weighted by atomic mass is 10.2. The van der Waals surface area contributed by atoms with Crippen molar-refractivity contribution in [3.63, 3.8) is 0 Å². The van der Waals surface area contributed by atoms with Crippen molar-refractivity contribution in [3.8, 4) is 0 Å². The second-order valence-electron chi connectivity index (χ2n) is 5.42. The van der Waals surface area contributed by atoms with Crippen LogP contribution in [0.1, 0.15) is 18.4 Å². The van der Waals surface area contributed by atoms with Gasteiger partial charge in [-0.3, -0.25) is 0 Å². The molecule has 1 saturated heterocycles. The second kappa shape index (κ2) is 5.77. The number of morpholine rings is 1. The van der Waals surface area contributed by atoms with Gasteiger partial charge in [0.2, 0.25) is 0 Å². The largest absolute Gasteiger partial charge is 0.377 e. The molecule has 5 heteroatoms. The Morgan fingerprint density at radius 2 is 2.37 bits per heavy atom. The van der Waals surface area contributed by atoms with Crippen molar-refractivity contribution < 1.29 is 4.74 Å². The van der Waals surface area contributed by atoms with Crippen molar-refractivity contribution in [1.82, 2.24) is 10.3 Å². The summed E-state index contributed by atoms with van der Waals surface area (Å²) >= 11 is 3.64. The highest BCUT2D eigenvalue weighted by atomic mass is 79.9. The van der Waals surface area contributed by atoms with Crippen LogP contribution < -0.4 is 10.2 Å². The van der Waals surface area contributed by atoms with Crippen LogP contribution in [0.5, 0.6) is 0 Å². The summed E-state index contributed by atoms with van der Waals surface area (Å²) < 4.78 is 6.70. The van der Waals surface area contributed by atoms with Gasteiger partial charge in [-0.15, -0.1) is 0 Å². The maximum atomic E-state index is 5.63. The van der Waals surface area contributed by atoms with Crippen LogP contribution in [0, 0.1) is 6.92 Å². The van der Waals surface area contributed by atoms with E-state index in [1.807, 2.05) is 6.20 Å². The highest BCUT2D eigenvalue weighted by Gasteiger charge is 2.28. The van der Waals surface area contributed by atoms with E-state index in [2.05, 4.69) is 44.1 Å². The van der Waals surface area contributed by atoms with Gasteiger partial charge in [-0.25, -0.2) is 4.98 Å². The van der Waals surface area contributed by atoms with Crippen LogP contribution in [0.3, 0.4) is 0 Å². The van der Waals surface area contributed by atoms with Gasteiger partial charge in [0.15, 0.2) is 0 Å². The number of rotatable bonds is 4. The number of nitrogens with zero attached hydrogens (tertiary/aromatic N) is 2. The van der Waals surface area contributed by atoms with Crippen LogP contribution in [0.2, 0.25) is 0 Å². The molecule has 4 nitrogen and oxygen atoms in total. The van der Waals surface area contributed by atoms with Gasteiger partial charge in [-0.2, -0.15) is 0 Å². The molecule has 1 aromatic heterocycles. The number of pyridine rings is 1. The fourth-order valence-corrected chi connectivity index (χ4v) is 3.12. The number of anilines is 1. The van der Waals surface area contributed by atoms with E-state index in [1.165, 1.54) is 18.4 Å². The summed E-state index contributed by atoms with van der Waals surface area (Å²) in [6.07, 6.45) is 4.57. The molecule has 104 valence electrons. The van der Waals surface area contributed by atoms with Crippen LogP contribution in [-0.4, -0.2) is 43.4 Å². The Balaban J connectivity index is 1.74. The SMILES string of the molecule is Cc1cnc(N2CCOCC2CNC2CC2)c(Br)c1. The Kier molecular flexibility index (Phi) is 4.05. The van der Waals surface area contributed by atoms with Gasteiger partial charge in [-0.1, -0.05) is 0 Å². The minimum absolute atomic E-state index is 0.376. The molecular formula is C14H20BrN3O. The normalized spacial score (nSPS) is 23.7. The first-order valence-electron chi connectivity index (χ1n) is 6.94. The fraction of sp³-hybridized carbons (Fsp3) is 0.643. The second-order valence-corrected chi connectivity index (χ2v) is 6.28. The van der Waals surface area contributed by atoms with E-state index >= 15 is 0 Å². The summed E-state index contributed by atoms with van der Waals surface area (Å²) in [6, 6.07) is 3.24. The quantitative estimate of drug-likeness (QED) is 0.920. The predicted octanol–water partition coefficient (Wildman–Crippen LogP) is 2.11. The number of hydrogen-bond donors (Lipinski definition) is 1. The molecular weight excluding hydrogens is 306 g/mol. The highest BCUT2D eigenvalue weighted by Crippen LogP contribution is 2.27. The van der Waals surface area contributed by atoms with Gasteiger partial charge >= 0.3 is 0 Å². The van der Waals surface area contributed by atoms with Crippen molar-refractivity contribution in [3.05, 3.63) is 22.3 Å². The van der Waals surface area contributed by atoms with Gasteiger partial charge in [0.25, 0.3) is 0 Å². The molecule has 2 fully saturated rings. The Morgan fingerprint density at radius 3 is 3.11 bits per heavy atom. The molecule has 0 bridgehead atoms. The summed E-state index contributed by atoms with van der Waals surface area (Å²) in [4.78, 5) is 6.95. The smallest absolute Gasteiger partial charge is 0.143 e. The first-order chi connectivity index (χ1) is 9.24. The summed E-state index contributed by atoms with van der Waals surface area (Å²) in [6.45, 7) is 5.51. The number of halogens is 1. The third-order valence-corrected chi connectivity index (χ3v) is 4.26. The average Bonchev–Trinajstić information content (AvgIpc) is 3.21. The van der Waals surface area contributed by atoms with Crippen molar-refractivity contribution in [2.24, 2.45) is 0 Å². The van der Waals surface area contributed by atoms with Gasteiger partial charge in [0, 0.05) is 25.3 Å². The zero-order valence-electron chi connectivity index (χ0n) is 11.2. The van der Waals surface area contributed by atoms with E-state index in [0.717, 1.165) is 42.6 Å². The zero-order valence-corrected chi connectivity index (χ0v) is 12.8. The summed E-state index contributed by atoms with van der Waals surface area (Å²) in [5.41, 5.74) is 1.18. The monoisotopic (exact) mass is 325 g/mol. The molecule has 1 unspecified atom stereocenters. The third-order valence-electron chi connectivity index (χ3n) is 3.68. The minimum Gasteiger partial charge on any atom is -0.377 e. The number of aromatic nitrogens is 1. The van der Waals surface area contributed by atoms with Crippen LogP contribution >= 0.6 is 15.9 Å². The van der Waals surface area contributed by atoms with Crippen LogP contribution in [0.15, 0.2) is 16.7 Å². The molecule has 0 radical (unpaired) electrons. The third kappa shape index (κ3) is 3.27. The number of hydrogen-bond acceptors (Lipinski definition) is 4. The molecule has 2 heterocycles. The van der Waals surface area contributed by atoms with Gasteiger partial charge in [0.1, 0.15) is 5.82 Å². The van der Waals surface area contributed by atoms with Crippen molar-refractivity contribution >= 4 is 21.7 Å². The Hall–Kier alpha value is -0.650. The van der Waals surface area contributed by atoms with E-state index in [-0.39, 0.29) is 0 Å². The van der Waals surface area contributed by atoms with E-state index in [0.29, 0.717) is 6.04 Å². The number of nitrogens with one attached hydrogen (secondary N) is 1. The van der Waals surface area contributed by atoms with Crippen LogP contribution in [0.4, 0.5) is 5.82 Å². The Morgan fingerprint density at radius 1 is 1.53 bits per heavy atom. The zero-order chi connectivity index (χ0) is 13.2. The van der Waals surface area contributed by atoms with E-state index in [1.54, 1.807) is 0 Å². The Labute approximate surface area is 122 Å². The van der Waals surface area contributed by atoms with Crippen molar-refractivity contribution in [2.45, 2.75) is 31.8 Å². The number of aryl methyl sites for hydroxylation is 1. The fourth-order valence-electron chi connectivity index (χ4n) is 2.43. The molecule has 0 amide bonds. The van der Waals surface area contributed by atoms with Crippen LogP contribution in [-0.2, 0) is 4.74 Å². The molecule has 3 rings (SSSR count). The number of ether oxygens (including phenoxy) is 1. The van der Waals surface area contributed by atoms with Crippen molar-refractivity contribution in [1.29, 1.82) is 0 Å². The maximum Gasteiger partial charge on any atom is 0.143 e. The molecule has 1 atom stereocenters. The topological polar surface area (TPSA) is 37.4 Å². The minimum atomic E-state index is 0.376. The first kappa shape index (κ1) is 13.3. The van der Waals surface area contributed by atoms with Crippen LogP contribution in [0.25, 0.3) is 0 Å². The standard InChI is InChI=1S/C14H20BrN3O/c1-10-6-13(15)14(17-7-10)18-4-5-19-9-12(18)8-16-11-2-3-11/h6-7,11-12,16H,2-5,8-9H2,1H3. The molecule has 19 heavy (non-hydrogen) atoms. The lowest BCUT2D eigenvalue weighted by Gasteiger charge is -2.37. The van der Waals surface area contributed by atoms with E-state index < -0.39 is 0 Å². The summed E-state index contributed by atoms with van der Waals surface area (Å²) in [7, 11) is 0. The summed E-state index contributed by atoms with van der Waals surface area (Å²) in [5.74, 6) is 1.04. The highest BCUT2D eigenvalue weighted by molar-refractivity contribution is 9.10. The molecule has 0 aromatic carbocycles. The predicted molar refractivity (Wildman–Crippen MR) is 79.7 cm³/mol. The molecule has 2 aliphatic rings. The van der Waals surface area contributed by atoms with Gasteiger partial charge in [-0.05, 0) is 47.3 Å². The molecule has 1 N–H and O–H groups in total. The van der Waals surface area contributed by atoms with Gasteiger partial charge < -0.3 is 15.0 Å². The van der Waals surface area contributed by atoms with E-state index in [9.17, 15) is 0 Å². The lowest BCUT2D eigenvalue weighted by molar-refractivity contribution is 0.0931.